The second-order valence-corrected chi connectivity index (χ2v) is 9.05. The highest BCUT2D eigenvalue weighted by Crippen LogP contribution is 2.39. The fourth-order valence-corrected chi connectivity index (χ4v) is 4.30. The third-order valence-corrected chi connectivity index (χ3v) is 6.19. The molecule has 1 aromatic heterocycles. The van der Waals surface area contributed by atoms with E-state index in [4.69, 9.17) is 0 Å². The molecule has 2 heterocycles. The zero-order chi connectivity index (χ0) is 27.3. The van der Waals surface area contributed by atoms with Crippen LogP contribution in [0.3, 0.4) is 0 Å². The second-order valence-electron chi connectivity index (χ2n) is 9.05. The lowest BCUT2D eigenvalue weighted by Gasteiger charge is -2.27. The van der Waals surface area contributed by atoms with Crippen LogP contribution in [0.15, 0.2) is 42.2 Å². The lowest BCUT2D eigenvalue weighted by molar-refractivity contribution is -0.140. The molecule has 4 rings (SSSR count). The summed E-state index contributed by atoms with van der Waals surface area (Å²) in [5.74, 6) is -5.01. The standard InChI is InChI=1S/C24H19F8N3O2/c1-11-4-19(35(10-11)22(37)13-5-14(9-33-8-13)23(27,28)29)21(36)34-20(12-2-3-12)15-6-18(26)16(7-17(15)25)24(30,31)32/h2,5-9,11,19-20H,3-4,10H2,1H3,(H,34,36)/t11-,19-,20-/m1/s1. The quantitative estimate of drug-likeness (QED) is 0.412. The van der Waals surface area contributed by atoms with Gasteiger partial charge in [0, 0.05) is 24.5 Å². The number of carbonyl (C=O) groups is 2. The Morgan fingerprint density at radius 1 is 1.03 bits per heavy atom. The molecule has 198 valence electrons. The summed E-state index contributed by atoms with van der Waals surface area (Å²) in [6, 6.07) is -1.45. The first-order valence-electron chi connectivity index (χ1n) is 11.1. The van der Waals surface area contributed by atoms with Crippen LogP contribution in [0, 0.1) is 17.6 Å². The maximum absolute atomic E-state index is 14.6. The highest BCUT2D eigenvalue weighted by molar-refractivity contribution is 5.98. The number of alkyl halides is 6. The van der Waals surface area contributed by atoms with Crippen molar-refractivity contribution in [1.82, 2.24) is 15.2 Å². The maximum atomic E-state index is 14.6. The zero-order valence-electron chi connectivity index (χ0n) is 19.1. The monoisotopic (exact) mass is 533 g/mol. The predicted molar refractivity (Wildman–Crippen MR) is 113 cm³/mol. The van der Waals surface area contributed by atoms with E-state index in [1.165, 1.54) is 0 Å². The Morgan fingerprint density at radius 3 is 2.30 bits per heavy atom. The molecule has 1 fully saturated rings. The molecule has 0 bridgehead atoms. The molecule has 3 atom stereocenters. The largest absolute Gasteiger partial charge is 0.419 e. The van der Waals surface area contributed by atoms with Crippen LogP contribution in [0.25, 0.3) is 0 Å². The topological polar surface area (TPSA) is 62.3 Å². The highest BCUT2D eigenvalue weighted by atomic mass is 19.4. The fourth-order valence-electron chi connectivity index (χ4n) is 4.30. The molecular formula is C24H19F8N3O2. The molecule has 2 aliphatic rings. The van der Waals surface area contributed by atoms with Crippen LogP contribution in [0.1, 0.15) is 52.9 Å². The van der Waals surface area contributed by atoms with Crippen LogP contribution in [0.5, 0.6) is 0 Å². The number of halogens is 8. The normalized spacial score (nSPS) is 20.5. The maximum Gasteiger partial charge on any atom is 0.419 e. The molecule has 0 unspecified atom stereocenters. The molecule has 0 spiro atoms. The van der Waals surface area contributed by atoms with Crippen molar-refractivity contribution in [3.63, 3.8) is 0 Å². The van der Waals surface area contributed by atoms with Crippen molar-refractivity contribution in [2.45, 2.75) is 44.2 Å². The number of rotatable bonds is 5. The molecule has 13 heteroatoms. The zero-order valence-corrected chi connectivity index (χ0v) is 19.1. The Morgan fingerprint density at radius 2 is 1.70 bits per heavy atom. The van der Waals surface area contributed by atoms with Crippen LogP contribution in [0.4, 0.5) is 35.1 Å². The van der Waals surface area contributed by atoms with Crippen LogP contribution >= 0.6 is 0 Å². The summed E-state index contributed by atoms with van der Waals surface area (Å²) in [6.07, 6.45) is -6.39. The van der Waals surface area contributed by atoms with Crippen molar-refractivity contribution >= 4 is 11.8 Å². The van der Waals surface area contributed by atoms with Gasteiger partial charge in [-0.3, -0.25) is 14.6 Å². The van der Waals surface area contributed by atoms with E-state index in [0.717, 1.165) is 11.1 Å². The lowest BCUT2D eigenvalue weighted by atomic mass is 9.99. The van der Waals surface area contributed by atoms with Crippen LogP contribution in [0.2, 0.25) is 0 Å². The van der Waals surface area contributed by atoms with Gasteiger partial charge in [-0.15, -0.1) is 0 Å². The summed E-state index contributed by atoms with van der Waals surface area (Å²) in [5, 5.41) is 2.47. The average molecular weight is 533 g/mol. The Bertz CT molecular complexity index is 1270. The Balaban J connectivity index is 1.59. The van der Waals surface area contributed by atoms with Crippen molar-refractivity contribution in [3.05, 3.63) is 76.1 Å². The van der Waals surface area contributed by atoms with E-state index >= 15 is 0 Å². The van der Waals surface area contributed by atoms with Gasteiger partial charge in [-0.1, -0.05) is 13.0 Å². The van der Waals surface area contributed by atoms with Gasteiger partial charge in [0.1, 0.15) is 17.7 Å². The van der Waals surface area contributed by atoms with Crippen molar-refractivity contribution in [2.75, 3.05) is 6.54 Å². The Hall–Kier alpha value is -3.51. The van der Waals surface area contributed by atoms with Gasteiger partial charge in [0.15, 0.2) is 0 Å². The summed E-state index contributed by atoms with van der Waals surface area (Å²) < 4.78 is 107. The smallest absolute Gasteiger partial charge is 0.344 e. The number of carbonyl (C=O) groups excluding carboxylic acids is 2. The van der Waals surface area contributed by atoms with Gasteiger partial charge in [0.25, 0.3) is 5.91 Å². The molecule has 1 aromatic carbocycles. The van der Waals surface area contributed by atoms with Gasteiger partial charge in [0.2, 0.25) is 5.91 Å². The summed E-state index contributed by atoms with van der Waals surface area (Å²) in [5.41, 5.74) is -3.42. The van der Waals surface area contributed by atoms with Crippen LogP contribution < -0.4 is 5.32 Å². The van der Waals surface area contributed by atoms with Gasteiger partial charge in [0.05, 0.1) is 22.7 Å². The van der Waals surface area contributed by atoms with Crippen molar-refractivity contribution in [1.29, 1.82) is 0 Å². The number of allylic oxidation sites excluding steroid dienone is 1. The van der Waals surface area contributed by atoms with Crippen molar-refractivity contribution < 1.29 is 44.7 Å². The predicted octanol–water partition coefficient (Wildman–Crippen LogP) is 5.44. The van der Waals surface area contributed by atoms with Gasteiger partial charge in [-0.2, -0.15) is 26.3 Å². The molecular weight excluding hydrogens is 514 g/mol. The molecule has 2 amide bonds. The Labute approximate surface area is 205 Å². The Kier molecular flexibility index (Phi) is 6.76. The molecule has 0 radical (unpaired) electrons. The van der Waals surface area contributed by atoms with E-state index in [-0.39, 0.29) is 30.5 Å². The number of amides is 2. The lowest BCUT2D eigenvalue weighted by Crippen LogP contribution is -2.47. The summed E-state index contributed by atoms with van der Waals surface area (Å²) in [6.45, 7) is 1.74. The van der Waals surface area contributed by atoms with E-state index in [0.29, 0.717) is 30.3 Å². The molecule has 5 nitrogen and oxygen atoms in total. The van der Waals surface area contributed by atoms with Crippen LogP contribution in [-0.2, 0) is 17.1 Å². The minimum Gasteiger partial charge on any atom is -0.344 e. The van der Waals surface area contributed by atoms with E-state index in [9.17, 15) is 44.7 Å². The first-order chi connectivity index (χ1) is 17.2. The summed E-state index contributed by atoms with van der Waals surface area (Å²) >= 11 is 0. The molecule has 2 aromatic rings. The number of hydrogen-bond acceptors (Lipinski definition) is 3. The van der Waals surface area contributed by atoms with Gasteiger partial charge >= 0.3 is 12.4 Å². The first kappa shape index (κ1) is 26.6. The number of likely N-dealkylation sites (tertiary alicyclic amines) is 1. The number of pyridine rings is 1. The van der Waals surface area contributed by atoms with E-state index in [2.05, 4.69) is 10.3 Å². The SMILES string of the molecule is C[C@@H]1C[C@H](C(=O)N[C@H](C2=CC2)c2cc(F)c(C(F)(F)F)cc2F)N(C(=O)c2cncc(C(F)(F)F)c2)C1. The summed E-state index contributed by atoms with van der Waals surface area (Å²) in [4.78, 5) is 30.7. The van der Waals surface area contributed by atoms with Gasteiger partial charge in [-0.25, -0.2) is 8.78 Å². The summed E-state index contributed by atoms with van der Waals surface area (Å²) in [7, 11) is 0. The van der Waals surface area contributed by atoms with E-state index < -0.39 is 64.6 Å². The van der Waals surface area contributed by atoms with Crippen molar-refractivity contribution in [2.24, 2.45) is 5.92 Å². The molecule has 1 aliphatic carbocycles. The number of benzene rings is 1. The first-order valence-corrected chi connectivity index (χ1v) is 11.1. The van der Waals surface area contributed by atoms with Crippen molar-refractivity contribution in [3.8, 4) is 0 Å². The van der Waals surface area contributed by atoms with E-state index in [1.54, 1.807) is 13.0 Å². The fraction of sp³-hybridized carbons (Fsp3) is 0.375. The van der Waals surface area contributed by atoms with Gasteiger partial charge in [-0.05, 0) is 42.5 Å². The van der Waals surface area contributed by atoms with Gasteiger partial charge < -0.3 is 10.2 Å². The number of nitrogens with one attached hydrogen (secondary N) is 1. The number of nitrogens with zero attached hydrogens (tertiary/aromatic N) is 2. The molecule has 37 heavy (non-hydrogen) atoms. The molecule has 1 N–H and O–H groups in total. The number of aromatic nitrogens is 1. The minimum absolute atomic E-state index is 0.0148. The molecule has 0 saturated carbocycles. The second kappa shape index (κ2) is 9.42. The minimum atomic E-state index is -5.12. The van der Waals surface area contributed by atoms with E-state index in [1.807, 2.05) is 0 Å². The highest BCUT2D eigenvalue weighted by Gasteiger charge is 2.41. The third kappa shape index (κ3) is 5.59. The number of hydrogen-bond donors (Lipinski definition) is 1. The molecule has 1 saturated heterocycles. The third-order valence-electron chi connectivity index (χ3n) is 6.19. The molecule has 1 aliphatic heterocycles. The van der Waals surface area contributed by atoms with Crippen LogP contribution in [-0.4, -0.2) is 34.3 Å². The average Bonchev–Trinajstić information content (AvgIpc) is 3.57.